The molecule has 11 heteroatoms. The number of nitrogens with one attached hydrogen (secondary N) is 2. The number of rotatable bonds is 9. The van der Waals surface area contributed by atoms with Crippen molar-refractivity contribution < 1.29 is 27.5 Å². The Morgan fingerprint density at radius 2 is 1.76 bits per heavy atom. The Morgan fingerprint density at radius 1 is 1.08 bits per heavy atom. The van der Waals surface area contributed by atoms with Crippen LogP contribution in [0.15, 0.2) is 53.4 Å². The first-order valence-electron chi connectivity index (χ1n) is 12.9. The summed E-state index contributed by atoms with van der Waals surface area (Å²) in [6.45, 7) is 5.76. The van der Waals surface area contributed by atoms with Gasteiger partial charge in [-0.2, -0.15) is 4.31 Å². The maximum Gasteiger partial charge on any atom is 0.325 e. The molecule has 0 spiro atoms. The fourth-order valence-corrected chi connectivity index (χ4v) is 6.39. The third kappa shape index (κ3) is 5.39. The van der Waals surface area contributed by atoms with Crippen molar-refractivity contribution >= 4 is 33.6 Å². The fraction of sp³-hybridized carbons (Fsp3) is 0.444. The zero-order valence-corrected chi connectivity index (χ0v) is 22.7. The number of ether oxygens (including phenoxy) is 1. The highest BCUT2D eigenvalue weighted by molar-refractivity contribution is 7.89. The molecule has 204 valence electrons. The maximum atomic E-state index is 13.4. The Morgan fingerprint density at radius 3 is 2.39 bits per heavy atom. The maximum absolute atomic E-state index is 13.4. The van der Waals surface area contributed by atoms with E-state index in [1.54, 1.807) is 31.2 Å². The zero-order valence-electron chi connectivity index (χ0n) is 21.9. The summed E-state index contributed by atoms with van der Waals surface area (Å²) in [4.78, 5) is 40.2. The topological polar surface area (TPSA) is 125 Å². The minimum absolute atomic E-state index is 0.0369. The van der Waals surface area contributed by atoms with Crippen LogP contribution in [-0.4, -0.2) is 61.2 Å². The van der Waals surface area contributed by atoms with E-state index in [2.05, 4.69) is 10.6 Å². The second-order valence-corrected chi connectivity index (χ2v) is 11.7. The van der Waals surface area contributed by atoms with Gasteiger partial charge in [0.05, 0.1) is 16.7 Å². The van der Waals surface area contributed by atoms with Crippen LogP contribution in [0.2, 0.25) is 0 Å². The summed E-state index contributed by atoms with van der Waals surface area (Å²) in [6, 6.07) is 12.6. The smallest absolute Gasteiger partial charge is 0.325 e. The Balaban J connectivity index is 1.57. The van der Waals surface area contributed by atoms with Crippen molar-refractivity contribution in [3.8, 4) is 5.75 Å². The van der Waals surface area contributed by atoms with E-state index < -0.39 is 40.0 Å². The molecule has 2 aromatic rings. The van der Waals surface area contributed by atoms with Gasteiger partial charge in [-0.05, 0) is 56.9 Å². The Bertz CT molecular complexity index is 1310. The van der Waals surface area contributed by atoms with Crippen LogP contribution >= 0.6 is 0 Å². The molecular weight excluding hydrogens is 508 g/mol. The molecular formula is C27H34N4O6S. The van der Waals surface area contributed by atoms with E-state index in [0.29, 0.717) is 25.1 Å². The van der Waals surface area contributed by atoms with Crippen LogP contribution in [0.5, 0.6) is 5.75 Å². The molecule has 0 saturated carbocycles. The molecule has 0 bridgehead atoms. The highest BCUT2D eigenvalue weighted by atomic mass is 32.2. The fourth-order valence-electron chi connectivity index (χ4n) is 4.84. The Labute approximate surface area is 223 Å². The van der Waals surface area contributed by atoms with E-state index in [-0.39, 0.29) is 22.4 Å². The summed E-state index contributed by atoms with van der Waals surface area (Å²) in [5.74, 6) is -0.892. The van der Waals surface area contributed by atoms with Crippen LogP contribution in [0.4, 0.5) is 10.5 Å². The highest BCUT2D eigenvalue weighted by Crippen LogP contribution is 2.33. The molecule has 2 aliphatic heterocycles. The lowest BCUT2D eigenvalue weighted by atomic mass is 9.87. The monoisotopic (exact) mass is 542 g/mol. The molecule has 10 nitrogen and oxygen atoms in total. The molecule has 2 fully saturated rings. The first-order chi connectivity index (χ1) is 18.1. The number of hydrogen-bond acceptors (Lipinski definition) is 6. The number of sulfonamides is 1. The van der Waals surface area contributed by atoms with E-state index in [0.717, 1.165) is 24.2 Å². The number of imide groups is 1. The van der Waals surface area contributed by atoms with Crippen molar-refractivity contribution in [1.82, 2.24) is 14.5 Å². The largest absolute Gasteiger partial charge is 0.489 e. The van der Waals surface area contributed by atoms with Gasteiger partial charge in [0.1, 0.15) is 17.8 Å². The van der Waals surface area contributed by atoms with E-state index in [1.165, 1.54) is 22.5 Å². The van der Waals surface area contributed by atoms with Crippen molar-refractivity contribution in [2.75, 3.05) is 25.0 Å². The SMILES string of the molecule is CC[C@@]1(c2ccccc2)NC(=O)N(CC(=O)Nc2cc(S(=O)(=O)N3CCCCC3)ccc2OC(C)C)C1=O. The Kier molecular flexibility index (Phi) is 8.08. The van der Waals surface area contributed by atoms with Crippen LogP contribution in [0.25, 0.3) is 0 Å². The van der Waals surface area contributed by atoms with Crippen LogP contribution in [0, 0.1) is 0 Å². The van der Waals surface area contributed by atoms with Crippen molar-refractivity contribution in [3.63, 3.8) is 0 Å². The van der Waals surface area contributed by atoms with Gasteiger partial charge in [-0.25, -0.2) is 13.2 Å². The van der Waals surface area contributed by atoms with Gasteiger partial charge in [0.25, 0.3) is 5.91 Å². The molecule has 4 rings (SSSR count). The highest BCUT2D eigenvalue weighted by Gasteiger charge is 2.51. The lowest BCUT2D eigenvalue weighted by Gasteiger charge is -2.26. The van der Waals surface area contributed by atoms with Crippen molar-refractivity contribution in [2.24, 2.45) is 0 Å². The lowest BCUT2D eigenvalue weighted by Crippen LogP contribution is -2.44. The molecule has 0 aromatic heterocycles. The van der Waals surface area contributed by atoms with E-state index >= 15 is 0 Å². The number of urea groups is 1. The second-order valence-electron chi connectivity index (χ2n) is 9.78. The number of benzene rings is 2. The minimum atomic E-state index is -3.76. The molecule has 2 N–H and O–H groups in total. The number of hydrogen-bond donors (Lipinski definition) is 2. The molecule has 2 saturated heterocycles. The summed E-state index contributed by atoms with van der Waals surface area (Å²) in [6.07, 6.45) is 2.65. The van der Waals surface area contributed by atoms with Crippen LogP contribution < -0.4 is 15.4 Å². The summed E-state index contributed by atoms with van der Waals surface area (Å²) in [7, 11) is -3.76. The summed E-state index contributed by atoms with van der Waals surface area (Å²) in [5.41, 5.74) is -0.474. The van der Waals surface area contributed by atoms with Gasteiger partial charge in [-0.15, -0.1) is 0 Å². The number of carbonyl (C=O) groups excluding carboxylic acids is 3. The molecule has 1 atom stereocenters. The predicted molar refractivity (Wildman–Crippen MR) is 142 cm³/mol. The first-order valence-corrected chi connectivity index (χ1v) is 14.3. The molecule has 0 unspecified atom stereocenters. The number of amides is 4. The zero-order chi connectivity index (χ0) is 27.5. The molecule has 38 heavy (non-hydrogen) atoms. The van der Waals surface area contributed by atoms with Crippen LogP contribution in [-0.2, 0) is 25.2 Å². The summed E-state index contributed by atoms with van der Waals surface area (Å²) >= 11 is 0. The average molecular weight is 543 g/mol. The van der Waals surface area contributed by atoms with Crippen LogP contribution in [0.1, 0.15) is 52.0 Å². The number of piperidine rings is 1. The van der Waals surface area contributed by atoms with E-state index in [1.807, 2.05) is 19.9 Å². The molecule has 2 aliphatic rings. The number of anilines is 1. The number of nitrogens with zero attached hydrogens (tertiary/aromatic N) is 2. The van der Waals surface area contributed by atoms with Crippen molar-refractivity contribution in [1.29, 1.82) is 0 Å². The Hall–Kier alpha value is -3.44. The normalized spacial score (nSPS) is 20.5. The van der Waals surface area contributed by atoms with Gasteiger partial charge >= 0.3 is 6.03 Å². The van der Waals surface area contributed by atoms with Gasteiger partial charge < -0.3 is 15.4 Å². The summed E-state index contributed by atoms with van der Waals surface area (Å²) < 4.78 is 33.7. The molecule has 2 heterocycles. The molecule has 2 aromatic carbocycles. The van der Waals surface area contributed by atoms with Gasteiger partial charge in [0.2, 0.25) is 15.9 Å². The average Bonchev–Trinajstić information content (AvgIpc) is 3.15. The van der Waals surface area contributed by atoms with Crippen molar-refractivity contribution in [2.45, 2.75) is 63.0 Å². The number of carbonyl (C=O) groups is 3. The van der Waals surface area contributed by atoms with Gasteiger partial charge in [-0.1, -0.05) is 43.7 Å². The van der Waals surface area contributed by atoms with Gasteiger partial charge in [0.15, 0.2) is 0 Å². The minimum Gasteiger partial charge on any atom is -0.489 e. The third-order valence-corrected chi connectivity index (χ3v) is 8.71. The van der Waals surface area contributed by atoms with Gasteiger partial charge in [0, 0.05) is 13.1 Å². The second kappa shape index (κ2) is 11.1. The third-order valence-electron chi connectivity index (χ3n) is 6.81. The summed E-state index contributed by atoms with van der Waals surface area (Å²) in [5, 5.41) is 5.42. The molecule has 0 aliphatic carbocycles. The lowest BCUT2D eigenvalue weighted by molar-refractivity contribution is -0.134. The van der Waals surface area contributed by atoms with E-state index in [4.69, 9.17) is 4.74 Å². The van der Waals surface area contributed by atoms with Gasteiger partial charge in [-0.3, -0.25) is 14.5 Å². The molecule has 4 amide bonds. The van der Waals surface area contributed by atoms with E-state index in [9.17, 15) is 22.8 Å². The first kappa shape index (κ1) is 27.6. The molecule has 0 radical (unpaired) electrons. The predicted octanol–water partition coefficient (Wildman–Crippen LogP) is 3.44. The quantitative estimate of drug-likeness (QED) is 0.468. The van der Waals surface area contributed by atoms with Crippen LogP contribution in [0.3, 0.4) is 0 Å². The standard InChI is InChI=1S/C27H34N4O6S/c1-4-27(20-11-7-5-8-12-20)25(33)31(26(34)29-27)18-24(32)28-22-17-21(13-14-23(22)37-19(2)3)38(35,36)30-15-9-6-10-16-30/h5,7-8,11-14,17,19H,4,6,9-10,15-16,18H2,1-3H3,(H,28,32)(H,29,34)/t27-/m0/s1. The van der Waals surface area contributed by atoms with Crippen molar-refractivity contribution in [3.05, 3.63) is 54.1 Å².